The monoisotopic (exact) mass is 270 g/mol. The minimum Gasteiger partial charge on any atom is -0.454 e. The van der Waals surface area contributed by atoms with Gasteiger partial charge in [-0.15, -0.1) is 0 Å². The van der Waals surface area contributed by atoms with Crippen LogP contribution in [0.5, 0.6) is 11.5 Å². The van der Waals surface area contributed by atoms with E-state index in [1.165, 1.54) is 10.8 Å². The number of hydrogen-bond donors (Lipinski definition) is 0. The first-order valence-electron chi connectivity index (χ1n) is 6.29. The molecule has 1 aromatic heterocycles. The molecule has 0 amide bonds. The van der Waals surface area contributed by atoms with Crippen molar-refractivity contribution in [2.45, 2.75) is 13.8 Å². The number of allylic oxidation sites excluding steroid dienone is 1. The second-order valence-electron chi connectivity index (χ2n) is 4.62. The molecule has 0 atom stereocenters. The molecule has 102 valence electrons. The van der Waals surface area contributed by atoms with Crippen LogP contribution in [0.1, 0.15) is 21.7 Å². The summed E-state index contributed by atoms with van der Waals surface area (Å²) in [5.41, 5.74) is 2.53. The zero-order chi connectivity index (χ0) is 14.1. The van der Waals surface area contributed by atoms with Gasteiger partial charge in [-0.2, -0.15) is 5.10 Å². The topological polar surface area (TPSA) is 53.4 Å². The zero-order valence-electron chi connectivity index (χ0n) is 11.3. The first-order chi connectivity index (χ1) is 9.63. The molecule has 2 aromatic rings. The molecule has 0 radical (unpaired) electrons. The lowest BCUT2D eigenvalue weighted by Crippen LogP contribution is -2.10. The molecule has 0 fully saturated rings. The summed E-state index contributed by atoms with van der Waals surface area (Å²) in [6.45, 7) is 3.96. The van der Waals surface area contributed by atoms with Crippen LogP contribution in [0.15, 0.2) is 30.3 Å². The van der Waals surface area contributed by atoms with Gasteiger partial charge in [0.2, 0.25) is 6.79 Å². The third-order valence-electron chi connectivity index (χ3n) is 3.03. The predicted molar refractivity (Wildman–Crippen MR) is 73.9 cm³/mol. The molecule has 0 saturated carbocycles. The number of benzene rings is 1. The van der Waals surface area contributed by atoms with Crippen LogP contribution < -0.4 is 9.47 Å². The molecule has 0 bridgehead atoms. The second-order valence-corrected chi connectivity index (χ2v) is 4.62. The van der Waals surface area contributed by atoms with E-state index in [0.29, 0.717) is 5.75 Å². The van der Waals surface area contributed by atoms with Crippen molar-refractivity contribution < 1.29 is 14.3 Å². The van der Waals surface area contributed by atoms with E-state index in [0.717, 1.165) is 22.7 Å². The Morgan fingerprint density at radius 3 is 2.80 bits per heavy atom. The number of aryl methyl sites for hydroxylation is 2. The van der Waals surface area contributed by atoms with Gasteiger partial charge in [-0.3, -0.25) is 4.79 Å². The quantitative estimate of drug-likeness (QED) is 0.787. The largest absolute Gasteiger partial charge is 0.454 e. The van der Waals surface area contributed by atoms with Gasteiger partial charge >= 0.3 is 0 Å². The molecule has 3 rings (SSSR count). The van der Waals surface area contributed by atoms with Crippen molar-refractivity contribution >= 4 is 12.0 Å². The summed E-state index contributed by atoms with van der Waals surface area (Å²) in [5, 5.41) is 4.15. The maximum absolute atomic E-state index is 12.0. The van der Waals surface area contributed by atoms with Crippen LogP contribution in [0, 0.1) is 13.8 Å². The van der Waals surface area contributed by atoms with Gasteiger partial charge in [0.05, 0.1) is 5.69 Å². The maximum atomic E-state index is 12.0. The highest BCUT2D eigenvalue weighted by molar-refractivity contribution is 5.93. The van der Waals surface area contributed by atoms with Crippen LogP contribution in [0.4, 0.5) is 0 Å². The molecule has 0 aliphatic carbocycles. The Bertz CT molecular complexity index is 701. The third kappa shape index (κ3) is 2.30. The van der Waals surface area contributed by atoms with Crippen molar-refractivity contribution in [3.8, 4) is 11.5 Å². The maximum Gasteiger partial charge on any atom is 0.271 e. The van der Waals surface area contributed by atoms with E-state index in [1.54, 1.807) is 6.08 Å². The first kappa shape index (κ1) is 12.5. The van der Waals surface area contributed by atoms with Gasteiger partial charge in [0, 0.05) is 11.8 Å². The van der Waals surface area contributed by atoms with Crippen LogP contribution in [-0.2, 0) is 0 Å². The minimum absolute atomic E-state index is 0.173. The summed E-state index contributed by atoms with van der Waals surface area (Å²) < 4.78 is 11.9. The predicted octanol–water partition coefficient (Wildman–Crippen LogP) is 2.58. The van der Waals surface area contributed by atoms with E-state index in [4.69, 9.17) is 9.47 Å². The lowest BCUT2D eigenvalue weighted by molar-refractivity contribution is 0.0952. The van der Waals surface area contributed by atoms with Gasteiger partial charge in [0.15, 0.2) is 11.5 Å². The van der Waals surface area contributed by atoms with Crippen molar-refractivity contribution in [2.75, 3.05) is 6.79 Å². The molecule has 0 spiro atoms. The fraction of sp³-hybridized carbons (Fsp3) is 0.200. The number of aromatic nitrogens is 2. The number of hydrogen-bond acceptors (Lipinski definition) is 4. The molecule has 5 heteroatoms. The van der Waals surface area contributed by atoms with Gasteiger partial charge in [0.25, 0.3) is 5.91 Å². The summed E-state index contributed by atoms with van der Waals surface area (Å²) in [7, 11) is 0. The fourth-order valence-electron chi connectivity index (χ4n) is 2.11. The van der Waals surface area contributed by atoms with E-state index < -0.39 is 0 Å². The summed E-state index contributed by atoms with van der Waals surface area (Å²) in [4.78, 5) is 12.0. The fourth-order valence-corrected chi connectivity index (χ4v) is 2.11. The molecule has 5 nitrogen and oxygen atoms in total. The average Bonchev–Trinajstić information content (AvgIpc) is 3.01. The van der Waals surface area contributed by atoms with Gasteiger partial charge in [-0.05, 0) is 43.7 Å². The molecular formula is C15H14N2O3. The number of nitrogens with zero attached hydrogens (tertiary/aromatic N) is 2. The Morgan fingerprint density at radius 1 is 1.25 bits per heavy atom. The van der Waals surface area contributed by atoms with Crippen LogP contribution in [0.2, 0.25) is 0 Å². The number of carbonyl (C=O) groups excluding carboxylic acids is 1. The number of ether oxygens (including phenoxy) is 2. The Labute approximate surface area is 116 Å². The molecule has 1 aliphatic rings. The van der Waals surface area contributed by atoms with E-state index in [-0.39, 0.29) is 12.7 Å². The molecule has 0 saturated heterocycles. The molecule has 1 aromatic carbocycles. The molecule has 20 heavy (non-hydrogen) atoms. The van der Waals surface area contributed by atoms with Crippen molar-refractivity contribution in [1.82, 2.24) is 9.78 Å². The minimum atomic E-state index is -0.173. The molecule has 2 heterocycles. The van der Waals surface area contributed by atoms with Crippen molar-refractivity contribution in [3.05, 3.63) is 47.3 Å². The number of rotatable bonds is 2. The van der Waals surface area contributed by atoms with Crippen molar-refractivity contribution in [2.24, 2.45) is 0 Å². The van der Waals surface area contributed by atoms with Crippen molar-refractivity contribution in [1.29, 1.82) is 0 Å². The summed E-state index contributed by atoms with van der Waals surface area (Å²) in [6.07, 6.45) is 3.23. The highest BCUT2D eigenvalue weighted by atomic mass is 16.7. The third-order valence-corrected chi connectivity index (χ3v) is 3.03. The zero-order valence-corrected chi connectivity index (χ0v) is 11.3. The van der Waals surface area contributed by atoms with Gasteiger partial charge in [-0.1, -0.05) is 6.07 Å². The van der Waals surface area contributed by atoms with Crippen LogP contribution in [0.25, 0.3) is 6.08 Å². The van der Waals surface area contributed by atoms with Crippen LogP contribution >= 0.6 is 0 Å². The highest BCUT2D eigenvalue weighted by Crippen LogP contribution is 2.32. The second kappa shape index (κ2) is 4.85. The van der Waals surface area contributed by atoms with E-state index >= 15 is 0 Å². The van der Waals surface area contributed by atoms with E-state index in [1.807, 2.05) is 38.1 Å². The van der Waals surface area contributed by atoms with E-state index in [9.17, 15) is 4.79 Å². The van der Waals surface area contributed by atoms with Crippen molar-refractivity contribution in [3.63, 3.8) is 0 Å². The smallest absolute Gasteiger partial charge is 0.271 e. The van der Waals surface area contributed by atoms with Crippen LogP contribution in [0.3, 0.4) is 0 Å². The summed E-state index contributed by atoms with van der Waals surface area (Å²) in [6, 6.07) is 7.41. The summed E-state index contributed by atoms with van der Waals surface area (Å²) >= 11 is 0. The Balaban J connectivity index is 1.80. The van der Waals surface area contributed by atoms with Crippen LogP contribution in [-0.4, -0.2) is 22.5 Å². The average molecular weight is 270 g/mol. The van der Waals surface area contributed by atoms with Gasteiger partial charge < -0.3 is 9.47 Å². The standard InChI is InChI=1S/C15H14N2O3/c1-10-7-11(2)17(16-10)15(18)6-4-12-3-5-13-14(8-12)20-9-19-13/h3-8H,9H2,1-2H3. The Kier molecular flexibility index (Phi) is 3.02. The number of fused-ring (bicyclic) bond motifs is 1. The van der Waals surface area contributed by atoms with Gasteiger partial charge in [0.1, 0.15) is 0 Å². The molecule has 0 unspecified atom stereocenters. The van der Waals surface area contributed by atoms with Gasteiger partial charge in [-0.25, -0.2) is 4.68 Å². The molecule has 1 aliphatic heterocycles. The molecule has 0 N–H and O–H groups in total. The Hall–Kier alpha value is -2.56. The molecular weight excluding hydrogens is 256 g/mol. The first-order valence-corrected chi connectivity index (χ1v) is 6.29. The lowest BCUT2D eigenvalue weighted by atomic mass is 10.2. The highest BCUT2D eigenvalue weighted by Gasteiger charge is 2.12. The lowest BCUT2D eigenvalue weighted by Gasteiger charge is -1.99. The number of carbonyl (C=O) groups is 1. The SMILES string of the molecule is Cc1cc(C)n(C(=O)C=Cc2ccc3c(c2)OCO3)n1. The summed E-state index contributed by atoms with van der Waals surface area (Å²) in [5.74, 6) is 1.26. The normalized spacial score (nSPS) is 13.1. The Morgan fingerprint density at radius 2 is 2.05 bits per heavy atom. The van der Waals surface area contributed by atoms with E-state index in [2.05, 4.69) is 5.10 Å².